The first kappa shape index (κ1) is 13.3. The molecule has 104 valence electrons. The minimum Gasteiger partial charge on any atom is -0.391 e. The van der Waals surface area contributed by atoms with Crippen molar-refractivity contribution >= 4 is 17.4 Å². The van der Waals surface area contributed by atoms with Crippen LogP contribution in [0.4, 0.5) is 5.82 Å². The van der Waals surface area contributed by atoms with Gasteiger partial charge in [0, 0.05) is 23.7 Å². The van der Waals surface area contributed by atoms with Gasteiger partial charge in [0.2, 0.25) is 0 Å². The van der Waals surface area contributed by atoms with E-state index >= 15 is 0 Å². The van der Waals surface area contributed by atoms with E-state index in [2.05, 4.69) is 15.1 Å². The van der Waals surface area contributed by atoms with E-state index in [1.807, 2.05) is 36.4 Å². The molecule has 2 aromatic rings. The summed E-state index contributed by atoms with van der Waals surface area (Å²) in [6, 6.07) is 11.4. The monoisotopic (exact) mass is 289 g/mol. The van der Waals surface area contributed by atoms with Crippen molar-refractivity contribution in [3.63, 3.8) is 0 Å². The van der Waals surface area contributed by atoms with E-state index in [1.54, 1.807) is 0 Å². The molecular weight excluding hydrogens is 274 g/mol. The lowest BCUT2D eigenvalue weighted by Crippen LogP contribution is -2.38. The molecule has 4 nitrogen and oxygen atoms in total. The maximum atomic E-state index is 9.70. The third-order valence-electron chi connectivity index (χ3n) is 3.51. The summed E-state index contributed by atoms with van der Waals surface area (Å²) in [4.78, 5) is 2.08. The number of halogens is 1. The molecule has 1 aliphatic rings. The first-order valence-electron chi connectivity index (χ1n) is 6.75. The van der Waals surface area contributed by atoms with Gasteiger partial charge in [-0.1, -0.05) is 23.7 Å². The number of β-amino-alcohol motifs (C(OH)–C–C–N with tert-alkyl or cyclic N) is 1. The molecule has 0 bridgehead atoms. The second kappa shape index (κ2) is 5.77. The normalized spacial score (nSPS) is 19.1. The predicted molar refractivity (Wildman–Crippen MR) is 79.9 cm³/mol. The van der Waals surface area contributed by atoms with Crippen molar-refractivity contribution < 1.29 is 5.11 Å². The molecule has 1 aromatic heterocycles. The fourth-order valence-electron chi connectivity index (χ4n) is 2.43. The van der Waals surface area contributed by atoms with Crippen LogP contribution >= 0.6 is 11.6 Å². The number of rotatable bonds is 2. The number of piperidine rings is 1. The van der Waals surface area contributed by atoms with Gasteiger partial charge in [0.1, 0.15) is 0 Å². The van der Waals surface area contributed by atoms with Crippen LogP contribution in [-0.2, 0) is 0 Å². The molecule has 1 N–H and O–H groups in total. The summed E-state index contributed by atoms with van der Waals surface area (Å²) in [7, 11) is 0. The molecule has 1 saturated heterocycles. The number of aromatic nitrogens is 2. The minimum absolute atomic E-state index is 0.263. The summed E-state index contributed by atoms with van der Waals surface area (Å²) in [5.74, 6) is 0.821. The summed E-state index contributed by atoms with van der Waals surface area (Å²) in [6.45, 7) is 1.56. The zero-order valence-electron chi connectivity index (χ0n) is 11.0. The van der Waals surface area contributed by atoms with Crippen molar-refractivity contribution in [1.29, 1.82) is 0 Å². The van der Waals surface area contributed by atoms with E-state index in [4.69, 9.17) is 11.6 Å². The lowest BCUT2D eigenvalue weighted by atomic mass is 10.1. The first-order chi connectivity index (χ1) is 9.72. The summed E-state index contributed by atoms with van der Waals surface area (Å²) in [5, 5.41) is 18.9. The van der Waals surface area contributed by atoms with Gasteiger partial charge >= 0.3 is 0 Å². The Hall–Kier alpha value is -1.65. The molecule has 0 aliphatic carbocycles. The lowest BCUT2D eigenvalue weighted by molar-refractivity contribution is 0.154. The van der Waals surface area contributed by atoms with Gasteiger partial charge in [0.05, 0.1) is 11.8 Å². The van der Waals surface area contributed by atoms with Crippen LogP contribution in [0.25, 0.3) is 11.3 Å². The Morgan fingerprint density at radius 3 is 2.55 bits per heavy atom. The van der Waals surface area contributed by atoms with Crippen molar-refractivity contribution in [2.24, 2.45) is 0 Å². The predicted octanol–water partition coefficient (Wildman–Crippen LogP) is 2.76. The highest BCUT2D eigenvalue weighted by Gasteiger charge is 2.19. The van der Waals surface area contributed by atoms with Gasteiger partial charge in [-0.3, -0.25) is 0 Å². The topological polar surface area (TPSA) is 49.2 Å². The Kier molecular flexibility index (Phi) is 3.85. The molecule has 0 saturated carbocycles. The molecule has 1 unspecified atom stereocenters. The van der Waals surface area contributed by atoms with E-state index in [9.17, 15) is 5.11 Å². The highest BCUT2D eigenvalue weighted by molar-refractivity contribution is 6.30. The Morgan fingerprint density at radius 1 is 1.10 bits per heavy atom. The number of benzene rings is 1. The number of anilines is 1. The van der Waals surface area contributed by atoms with E-state index in [0.29, 0.717) is 11.6 Å². The minimum atomic E-state index is -0.263. The molecule has 0 spiro atoms. The van der Waals surface area contributed by atoms with Crippen LogP contribution in [0.3, 0.4) is 0 Å². The first-order valence-corrected chi connectivity index (χ1v) is 7.13. The number of nitrogens with zero attached hydrogens (tertiary/aromatic N) is 3. The zero-order chi connectivity index (χ0) is 13.9. The SMILES string of the molecule is OC1CCCN(c2ccc(-c3ccc(Cl)cc3)nn2)C1. The van der Waals surface area contributed by atoms with Crippen molar-refractivity contribution in [1.82, 2.24) is 10.2 Å². The molecule has 20 heavy (non-hydrogen) atoms. The molecule has 1 aromatic carbocycles. The molecule has 0 amide bonds. The summed E-state index contributed by atoms with van der Waals surface area (Å²) in [5.41, 5.74) is 1.81. The highest BCUT2D eigenvalue weighted by atomic mass is 35.5. The van der Waals surface area contributed by atoms with E-state index in [0.717, 1.165) is 36.5 Å². The average molecular weight is 290 g/mol. The van der Waals surface area contributed by atoms with Crippen molar-refractivity contribution in [3.8, 4) is 11.3 Å². The average Bonchev–Trinajstić information content (AvgIpc) is 2.48. The van der Waals surface area contributed by atoms with Gasteiger partial charge in [-0.05, 0) is 37.1 Å². The summed E-state index contributed by atoms with van der Waals surface area (Å²) >= 11 is 5.87. The molecule has 1 fully saturated rings. The standard InChI is InChI=1S/C15H16ClN3O/c16-12-5-3-11(4-6-12)14-7-8-15(18-17-14)19-9-1-2-13(20)10-19/h3-8,13,20H,1-2,9-10H2. The third-order valence-corrected chi connectivity index (χ3v) is 3.76. The van der Waals surface area contributed by atoms with Gasteiger partial charge in [-0.25, -0.2) is 0 Å². The van der Waals surface area contributed by atoms with Crippen molar-refractivity contribution in [3.05, 3.63) is 41.4 Å². The Balaban J connectivity index is 1.78. The second-order valence-corrected chi connectivity index (χ2v) is 5.46. The Morgan fingerprint density at radius 2 is 1.90 bits per heavy atom. The van der Waals surface area contributed by atoms with Crippen LogP contribution in [0, 0.1) is 0 Å². The quantitative estimate of drug-likeness (QED) is 0.923. The van der Waals surface area contributed by atoms with Crippen LogP contribution in [0.1, 0.15) is 12.8 Å². The molecule has 5 heteroatoms. The number of aliphatic hydroxyl groups excluding tert-OH is 1. The molecule has 1 aliphatic heterocycles. The van der Waals surface area contributed by atoms with Crippen LogP contribution in [0.15, 0.2) is 36.4 Å². The van der Waals surface area contributed by atoms with Gasteiger partial charge < -0.3 is 10.0 Å². The van der Waals surface area contributed by atoms with Crippen molar-refractivity contribution in [2.45, 2.75) is 18.9 Å². The zero-order valence-corrected chi connectivity index (χ0v) is 11.8. The number of hydrogen-bond donors (Lipinski definition) is 1. The van der Waals surface area contributed by atoms with Gasteiger partial charge in [-0.15, -0.1) is 10.2 Å². The fourth-order valence-corrected chi connectivity index (χ4v) is 2.56. The van der Waals surface area contributed by atoms with E-state index < -0.39 is 0 Å². The van der Waals surface area contributed by atoms with E-state index in [1.165, 1.54) is 0 Å². The summed E-state index contributed by atoms with van der Waals surface area (Å²) in [6.07, 6.45) is 1.59. The molecule has 0 radical (unpaired) electrons. The highest BCUT2D eigenvalue weighted by Crippen LogP contribution is 2.22. The summed E-state index contributed by atoms with van der Waals surface area (Å²) < 4.78 is 0. The fraction of sp³-hybridized carbons (Fsp3) is 0.333. The van der Waals surface area contributed by atoms with Crippen LogP contribution in [0.5, 0.6) is 0 Å². The van der Waals surface area contributed by atoms with Gasteiger partial charge in [0.15, 0.2) is 5.82 Å². The van der Waals surface area contributed by atoms with Gasteiger partial charge in [0.25, 0.3) is 0 Å². The molecular formula is C15H16ClN3O. The van der Waals surface area contributed by atoms with Crippen LogP contribution < -0.4 is 4.90 Å². The van der Waals surface area contributed by atoms with Crippen LogP contribution in [-0.4, -0.2) is 34.5 Å². The smallest absolute Gasteiger partial charge is 0.151 e. The molecule has 3 rings (SSSR count). The van der Waals surface area contributed by atoms with Gasteiger partial charge in [-0.2, -0.15) is 0 Å². The number of aliphatic hydroxyl groups is 1. The molecule has 2 heterocycles. The van der Waals surface area contributed by atoms with Crippen molar-refractivity contribution in [2.75, 3.05) is 18.0 Å². The Bertz CT molecular complexity index is 571. The largest absolute Gasteiger partial charge is 0.391 e. The number of hydrogen-bond acceptors (Lipinski definition) is 4. The third kappa shape index (κ3) is 2.92. The lowest BCUT2D eigenvalue weighted by Gasteiger charge is -2.30. The van der Waals surface area contributed by atoms with E-state index in [-0.39, 0.29) is 6.10 Å². The maximum Gasteiger partial charge on any atom is 0.151 e. The Labute approximate surface area is 123 Å². The second-order valence-electron chi connectivity index (χ2n) is 5.03. The van der Waals surface area contributed by atoms with Crippen LogP contribution in [0.2, 0.25) is 5.02 Å². The molecule has 1 atom stereocenters. The maximum absolute atomic E-state index is 9.70.